The molecule has 0 bridgehead atoms. The van der Waals surface area contributed by atoms with Crippen molar-refractivity contribution in [2.45, 2.75) is 13.8 Å². The van der Waals surface area contributed by atoms with E-state index in [1.165, 1.54) is 18.2 Å². The lowest BCUT2D eigenvalue weighted by molar-refractivity contribution is -0.118. The molecule has 1 rings (SSSR count). The summed E-state index contributed by atoms with van der Waals surface area (Å²) in [4.78, 5) is 11.6. The van der Waals surface area contributed by atoms with E-state index in [1.54, 1.807) is 13.8 Å². The number of carbonyl (C=O) groups excluding carboxylic acids is 1. The second-order valence-electron chi connectivity index (χ2n) is 4.21. The monoisotopic (exact) mass is 290 g/mol. The van der Waals surface area contributed by atoms with Crippen molar-refractivity contribution in [1.29, 1.82) is 0 Å². The Kier molecular flexibility index (Phi) is 4.59. The number of hydrogen-bond acceptors (Lipinski definition) is 3. The van der Waals surface area contributed by atoms with Gasteiger partial charge in [-0.1, -0.05) is 25.4 Å². The van der Waals surface area contributed by atoms with Gasteiger partial charge in [-0.15, -0.1) is 0 Å². The molecular formula is C11H15ClN2O3S. The van der Waals surface area contributed by atoms with Crippen LogP contribution in [0.15, 0.2) is 18.2 Å². The summed E-state index contributed by atoms with van der Waals surface area (Å²) in [6.07, 6.45) is 1.05. The number of halogens is 1. The maximum absolute atomic E-state index is 11.6. The summed E-state index contributed by atoms with van der Waals surface area (Å²) in [6.45, 7) is 3.50. The summed E-state index contributed by atoms with van der Waals surface area (Å²) in [5.41, 5.74) is 0.727. The number of rotatable bonds is 4. The number of amides is 1. The van der Waals surface area contributed by atoms with Gasteiger partial charge in [0.15, 0.2) is 0 Å². The van der Waals surface area contributed by atoms with Crippen LogP contribution in [-0.2, 0) is 14.8 Å². The zero-order valence-corrected chi connectivity index (χ0v) is 11.9. The van der Waals surface area contributed by atoms with Crippen LogP contribution in [0, 0.1) is 5.92 Å². The molecule has 0 radical (unpaired) electrons. The van der Waals surface area contributed by atoms with E-state index >= 15 is 0 Å². The third-order valence-electron chi connectivity index (χ3n) is 2.05. The lowest BCUT2D eigenvalue weighted by Gasteiger charge is -2.11. The SMILES string of the molecule is CC(C)C(=O)Nc1cc(NS(C)(=O)=O)ccc1Cl. The Morgan fingerprint density at radius 3 is 2.44 bits per heavy atom. The van der Waals surface area contributed by atoms with Crippen molar-refractivity contribution in [3.63, 3.8) is 0 Å². The minimum Gasteiger partial charge on any atom is -0.324 e. The van der Waals surface area contributed by atoms with Gasteiger partial charge in [0.05, 0.1) is 22.7 Å². The van der Waals surface area contributed by atoms with Crippen molar-refractivity contribution in [3.8, 4) is 0 Å². The molecule has 2 N–H and O–H groups in total. The Bertz CT molecular complexity index is 555. The normalized spacial score (nSPS) is 11.4. The second-order valence-corrected chi connectivity index (χ2v) is 6.37. The predicted molar refractivity (Wildman–Crippen MR) is 73.4 cm³/mol. The number of hydrogen-bond donors (Lipinski definition) is 2. The number of anilines is 2. The summed E-state index contributed by atoms with van der Waals surface area (Å²) in [6, 6.07) is 4.52. The van der Waals surface area contributed by atoms with Crippen molar-refractivity contribution < 1.29 is 13.2 Å². The molecule has 0 spiro atoms. The van der Waals surface area contributed by atoms with Crippen LogP contribution in [0.3, 0.4) is 0 Å². The van der Waals surface area contributed by atoms with E-state index < -0.39 is 10.0 Å². The standard InChI is InChI=1S/C11H15ClN2O3S/c1-7(2)11(15)13-10-6-8(4-5-9(10)12)14-18(3,16)17/h4-7,14H,1-3H3,(H,13,15). The Morgan fingerprint density at radius 2 is 1.94 bits per heavy atom. The Balaban J connectivity index is 2.98. The molecule has 0 aliphatic heterocycles. The van der Waals surface area contributed by atoms with Gasteiger partial charge < -0.3 is 5.32 Å². The number of sulfonamides is 1. The molecule has 0 fully saturated rings. The van der Waals surface area contributed by atoms with Gasteiger partial charge in [0.25, 0.3) is 0 Å². The van der Waals surface area contributed by atoms with Gasteiger partial charge in [-0.05, 0) is 18.2 Å². The van der Waals surface area contributed by atoms with Crippen molar-refractivity contribution in [1.82, 2.24) is 0 Å². The Morgan fingerprint density at radius 1 is 1.33 bits per heavy atom. The fourth-order valence-electron chi connectivity index (χ4n) is 1.18. The summed E-state index contributed by atoms with van der Waals surface area (Å²) < 4.78 is 24.5. The fourth-order valence-corrected chi connectivity index (χ4v) is 1.90. The Labute approximate surface area is 112 Å². The molecule has 1 aromatic rings. The second kappa shape index (κ2) is 5.58. The summed E-state index contributed by atoms with van der Waals surface area (Å²) in [5, 5.41) is 2.98. The first-order valence-corrected chi connectivity index (χ1v) is 7.54. The molecule has 0 saturated carbocycles. The van der Waals surface area contributed by atoms with E-state index in [2.05, 4.69) is 10.0 Å². The van der Waals surface area contributed by atoms with Crippen LogP contribution in [-0.4, -0.2) is 20.6 Å². The lowest BCUT2D eigenvalue weighted by atomic mass is 10.2. The molecule has 0 aliphatic rings. The topological polar surface area (TPSA) is 75.3 Å². The van der Waals surface area contributed by atoms with Gasteiger partial charge >= 0.3 is 0 Å². The number of benzene rings is 1. The van der Waals surface area contributed by atoms with Crippen molar-refractivity contribution in [2.24, 2.45) is 5.92 Å². The van der Waals surface area contributed by atoms with Gasteiger partial charge in [-0.2, -0.15) is 0 Å². The quantitative estimate of drug-likeness (QED) is 0.893. The first kappa shape index (κ1) is 14.8. The van der Waals surface area contributed by atoms with E-state index in [0.717, 1.165) is 6.26 Å². The van der Waals surface area contributed by atoms with E-state index in [4.69, 9.17) is 11.6 Å². The Hall–Kier alpha value is -1.27. The van der Waals surface area contributed by atoms with Crippen molar-refractivity contribution in [2.75, 3.05) is 16.3 Å². The molecule has 0 atom stereocenters. The van der Waals surface area contributed by atoms with Crippen LogP contribution in [0.5, 0.6) is 0 Å². The zero-order valence-electron chi connectivity index (χ0n) is 10.3. The third kappa shape index (κ3) is 4.54. The highest BCUT2D eigenvalue weighted by atomic mass is 35.5. The van der Waals surface area contributed by atoms with Crippen LogP contribution < -0.4 is 10.0 Å². The molecule has 0 aliphatic carbocycles. The van der Waals surface area contributed by atoms with Crippen LogP contribution in [0.1, 0.15) is 13.8 Å². The highest BCUT2D eigenvalue weighted by Crippen LogP contribution is 2.26. The molecule has 0 unspecified atom stereocenters. The highest BCUT2D eigenvalue weighted by Gasteiger charge is 2.11. The van der Waals surface area contributed by atoms with Crippen LogP contribution >= 0.6 is 11.6 Å². The molecule has 5 nitrogen and oxygen atoms in total. The molecule has 1 amide bonds. The molecule has 0 aromatic heterocycles. The lowest BCUT2D eigenvalue weighted by Crippen LogP contribution is -2.18. The molecule has 1 aromatic carbocycles. The molecule has 0 saturated heterocycles. The molecule has 18 heavy (non-hydrogen) atoms. The number of carbonyl (C=O) groups is 1. The van der Waals surface area contributed by atoms with E-state index in [0.29, 0.717) is 16.4 Å². The largest absolute Gasteiger partial charge is 0.324 e. The van der Waals surface area contributed by atoms with E-state index in [-0.39, 0.29) is 11.8 Å². The third-order valence-corrected chi connectivity index (χ3v) is 2.99. The highest BCUT2D eigenvalue weighted by molar-refractivity contribution is 7.92. The van der Waals surface area contributed by atoms with Gasteiger partial charge in [-0.3, -0.25) is 9.52 Å². The first-order chi connectivity index (χ1) is 8.19. The molecule has 7 heteroatoms. The minimum absolute atomic E-state index is 0.187. The van der Waals surface area contributed by atoms with Crippen LogP contribution in [0.4, 0.5) is 11.4 Å². The average Bonchev–Trinajstić information content (AvgIpc) is 2.20. The van der Waals surface area contributed by atoms with E-state index in [1.807, 2.05) is 0 Å². The number of nitrogens with one attached hydrogen (secondary N) is 2. The summed E-state index contributed by atoms with van der Waals surface area (Å²) >= 11 is 5.92. The molecule has 100 valence electrons. The minimum atomic E-state index is -3.36. The predicted octanol–water partition coefficient (Wildman–Crippen LogP) is 2.31. The van der Waals surface area contributed by atoms with Crippen molar-refractivity contribution >= 4 is 38.9 Å². The van der Waals surface area contributed by atoms with Gasteiger partial charge in [0.1, 0.15) is 0 Å². The first-order valence-electron chi connectivity index (χ1n) is 5.27. The van der Waals surface area contributed by atoms with Gasteiger partial charge in [0.2, 0.25) is 15.9 Å². The molecular weight excluding hydrogens is 276 g/mol. The average molecular weight is 291 g/mol. The zero-order chi connectivity index (χ0) is 13.9. The van der Waals surface area contributed by atoms with Gasteiger partial charge in [-0.25, -0.2) is 8.42 Å². The van der Waals surface area contributed by atoms with Crippen LogP contribution in [0.25, 0.3) is 0 Å². The van der Waals surface area contributed by atoms with Crippen LogP contribution in [0.2, 0.25) is 5.02 Å². The summed E-state index contributed by atoms with van der Waals surface area (Å²) in [7, 11) is -3.36. The fraction of sp³-hybridized carbons (Fsp3) is 0.364. The van der Waals surface area contributed by atoms with Gasteiger partial charge in [0, 0.05) is 5.92 Å². The summed E-state index contributed by atoms with van der Waals surface area (Å²) in [5.74, 6) is -0.374. The van der Waals surface area contributed by atoms with Crippen molar-refractivity contribution in [3.05, 3.63) is 23.2 Å². The van der Waals surface area contributed by atoms with E-state index in [9.17, 15) is 13.2 Å². The maximum Gasteiger partial charge on any atom is 0.229 e. The molecule has 0 heterocycles. The smallest absolute Gasteiger partial charge is 0.229 e. The maximum atomic E-state index is 11.6.